The highest BCUT2D eigenvalue weighted by Gasteiger charge is 2.34. The lowest BCUT2D eigenvalue weighted by Crippen LogP contribution is -2.61. The molecule has 0 bridgehead atoms. The van der Waals surface area contributed by atoms with Gasteiger partial charge in [0.25, 0.3) is 0 Å². The van der Waals surface area contributed by atoms with Crippen LogP contribution in [0.5, 0.6) is 0 Å². The van der Waals surface area contributed by atoms with Crippen molar-refractivity contribution in [1.82, 2.24) is 15.1 Å². The van der Waals surface area contributed by atoms with Gasteiger partial charge in [-0.05, 0) is 26.7 Å². The first-order chi connectivity index (χ1) is 8.62. The Hall–Kier alpha value is -0.160. The molecule has 0 aromatic rings. The summed E-state index contributed by atoms with van der Waals surface area (Å²) in [5, 5.41) is 3.36. The Balaban J connectivity index is 1.40. The molecule has 4 nitrogen and oxygen atoms in total. The first-order valence-corrected chi connectivity index (χ1v) is 7.47. The molecule has 0 spiro atoms. The quantitative estimate of drug-likeness (QED) is 0.794. The predicted octanol–water partition coefficient (Wildman–Crippen LogP) is 0.533. The van der Waals surface area contributed by atoms with Crippen molar-refractivity contribution in [2.75, 3.05) is 45.8 Å². The molecule has 3 aliphatic rings. The second kappa shape index (κ2) is 5.08. The van der Waals surface area contributed by atoms with E-state index in [1.165, 1.54) is 52.1 Å². The topological polar surface area (TPSA) is 27.7 Å². The largest absolute Gasteiger partial charge is 0.371 e. The molecule has 1 N–H and O–H groups in total. The lowest BCUT2D eigenvalue weighted by molar-refractivity contribution is -0.0362. The molecule has 0 aromatic carbocycles. The molecule has 104 valence electrons. The van der Waals surface area contributed by atoms with E-state index in [1.54, 1.807) is 0 Å². The highest BCUT2D eigenvalue weighted by atomic mass is 16.5. The number of rotatable bonds is 3. The molecular weight excluding hydrogens is 226 g/mol. The normalized spacial score (nSPS) is 34.7. The van der Waals surface area contributed by atoms with Gasteiger partial charge in [-0.3, -0.25) is 9.80 Å². The summed E-state index contributed by atoms with van der Waals surface area (Å²) in [6.45, 7) is 12.9. The molecule has 0 radical (unpaired) electrons. The van der Waals surface area contributed by atoms with Crippen LogP contribution in [0, 0.1) is 0 Å². The average molecular weight is 253 g/mol. The van der Waals surface area contributed by atoms with Crippen LogP contribution >= 0.6 is 0 Å². The molecule has 0 aliphatic carbocycles. The number of hydrogen-bond acceptors (Lipinski definition) is 4. The van der Waals surface area contributed by atoms with Crippen LogP contribution in [0.4, 0.5) is 0 Å². The third-order valence-corrected chi connectivity index (χ3v) is 4.70. The van der Waals surface area contributed by atoms with Crippen molar-refractivity contribution in [2.45, 2.75) is 44.4 Å². The van der Waals surface area contributed by atoms with Gasteiger partial charge in [-0.1, -0.05) is 0 Å². The molecule has 0 aromatic heterocycles. The molecule has 3 heterocycles. The van der Waals surface area contributed by atoms with Crippen LogP contribution in [-0.4, -0.2) is 73.4 Å². The van der Waals surface area contributed by atoms with E-state index in [2.05, 4.69) is 29.0 Å². The zero-order chi connectivity index (χ0) is 12.6. The zero-order valence-corrected chi connectivity index (χ0v) is 11.8. The molecule has 0 amide bonds. The van der Waals surface area contributed by atoms with E-state index in [-0.39, 0.29) is 5.60 Å². The molecule has 3 rings (SSSR count). The van der Waals surface area contributed by atoms with Crippen LogP contribution in [0.15, 0.2) is 0 Å². The fourth-order valence-electron chi connectivity index (χ4n) is 3.34. The molecule has 3 aliphatic heterocycles. The summed E-state index contributed by atoms with van der Waals surface area (Å²) in [4.78, 5) is 5.24. The highest BCUT2D eigenvalue weighted by Crippen LogP contribution is 2.29. The van der Waals surface area contributed by atoms with Gasteiger partial charge in [0, 0.05) is 51.9 Å². The van der Waals surface area contributed by atoms with Crippen molar-refractivity contribution in [3.8, 4) is 0 Å². The first-order valence-electron chi connectivity index (χ1n) is 7.47. The van der Waals surface area contributed by atoms with Crippen molar-refractivity contribution in [3.05, 3.63) is 0 Å². The standard InChI is InChI=1S/C14H27N3O/c1-14(2)4-3-13(18-14)11-16-5-7-17(8-6-16)12-9-15-10-12/h12-13,15H,3-11H2,1-2H3. The second-order valence-electron chi connectivity index (χ2n) is 6.69. The maximum Gasteiger partial charge on any atom is 0.0710 e. The van der Waals surface area contributed by atoms with E-state index in [0.29, 0.717) is 6.10 Å². The van der Waals surface area contributed by atoms with Crippen LogP contribution < -0.4 is 5.32 Å². The molecule has 3 fully saturated rings. The van der Waals surface area contributed by atoms with Crippen LogP contribution in [0.1, 0.15) is 26.7 Å². The lowest BCUT2D eigenvalue weighted by atomic mass is 10.1. The summed E-state index contributed by atoms with van der Waals surface area (Å²) in [7, 11) is 0. The van der Waals surface area contributed by atoms with Crippen molar-refractivity contribution < 1.29 is 4.74 Å². The van der Waals surface area contributed by atoms with Crippen molar-refractivity contribution in [1.29, 1.82) is 0 Å². The third kappa shape index (κ3) is 2.87. The monoisotopic (exact) mass is 253 g/mol. The van der Waals surface area contributed by atoms with E-state index in [1.807, 2.05) is 0 Å². The number of hydrogen-bond donors (Lipinski definition) is 1. The van der Waals surface area contributed by atoms with Crippen molar-refractivity contribution >= 4 is 0 Å². The van der Waals surface area contributed by atoms with Gasteiger partial charge < -0.3 is 10.1 Å². The zero-order valence-electron chi connectivity index (χ0n) is 11.8. The van der Waals surface area contributed by atoms with Crippen molar-refractivity contribution in [3.63, 3.8) is 0 Å². The Morgan fingerprint density at radius 1 is 1.17 bits per heavy atom. The van der Waals surface area contributed by atoms with E-state index in [9.17, 15) is 0 Å². The predicted molar refractivity (Wildman–Crippen MR) is 72.9 cm³/mol. The fraction of sp³-hybridized carbons (Fsp3) is 1.00. The minimum atomic E-state index is 0.115. The Bertz CT molecular complexity index is 283. The maximum atomic E-state index is 6.09. The third-order valence-electron chi connectivity index (χ3n) is 4.70. The second-order valence-corrected chi connectivity index (χ2v) is 6.69. The molecule has 3 saturated heterocycles. The van der Waals surface area contributed by atoms with Gasteiger partial charge >= 0.3 is 0 Å². The summed E-state index contributed by atoms with van der Waals surface area (Å²) in [5.74, 6) is 0. The van der Waals surface area contributed by atoms with E-state index in [0.717, 1.165) is 12.6 Å². The van der Waals surface area contributed by atoms with Gasteiger partial charge in [-0.15, -0.1) is 0 Å². The number of nitrogens with zero attached hydrogens (tertiary/aromatic N) is 2. The molecule has 1 unspecified atom stereocenters. The van der Waals surface area contributed by atoms with Gasteiger partial charge in [0.1, 0.15) is 0 Å². The smallest absolute Gasteiger partial charge is 0.0710 e. The summed E-state index contributed by atoms with van der Waals surface area (Å²) in [5.41, 5.74) is 0.115. The average Bonchev–Trinajstić information content (AvgIpc) is 2.58. The SMILES string of the molecule is CC1(C)CCC(CN2CCN(C3CNC3)CC2)O1. The van der Waals surface area contributed by atoms with Crippen LogP contribution in [0.3, 0.4) is 0 Å². The Kier molecular flexibility index (Phi) is 3.63. The Labute approximate surface area is 111 Å². The lowest BCUT2D eigenvalue weighted by Gasteiger charge is -2.43. The van der Waals surface area contributed by atoms with Crippen LogP contribution in [0.2, 0.25) is 0 Å². The summed E-state index contributed by atoms with van der Waals surface area (Å²) >= 11 is 0. The van der Waals surface area contributed by atoms with E-state index >= 15 is 0 Å². The fourth-order valence-corrected chi connectivity index (χ4v) is 3.34. The number of piperazine rings is 1. The van der Waals surface area contributed by atoms with Gasteiger partial charge in [-0.25, -0.2) is 0 Å². The summed E-state index contributed by atoms with van der Waals surface area (Å²) in [6.07, 6.45) is 2.92. The van der Waals surface area contributed by atoms with Crippen LogP contribution in [-0.2, 0) is 4.74 Å². The number of ether oxygens (including phenoxy) is 1. The maximum absolute atomic E-state index is 6.09. The first kappa shape index (κ1) is 12.9. The molecule has 4 heteroatoms. The Morgan fingerprint density at radius 3 is 2.39 bits per heavy atom. The van der Waals surface area contributed by atoms with E-state index in [4.69, 9.17) is 4.74 Å². The van der Waals surface area contributed by atoms with Gasteiger partial charge in [-0.2, -0.15) is 0 Å². The molecule has 18 heavy (non-hydrogen) atoms. The highest BCUT2D eigenvalue weighted by molar-refractivity contribution is 4.89. The Morgan fingerprint density at radius 2 is 1.89 bits per heavy atom. The summed E-state index contributed by atoms with van der Waals surface area (Å²) < 4.78 is 6.09. The molecule has 1 atom stereocenters. The van der Waals surface area contributed by atoms with Gasteiger partial charge in [0.2, 0.25) is 0 Å². The minimum Gasteiger partial charge on any atom is -0.371 e. The van der Waals surface area contributed by atoms with Gasteiger partial charge in [0.05, 0.1) is 11.7 Å². The van der Waals surface area contributed by atoms with E-state index < -0.39 is 0 Å². The van der Waals surface area contributed by atoms with Gasteiger partial charge in [0.15, 0.2) is 0 Å². The molecular formula is C14H27N3O. The molecule has 0 saturated carbocycles. The minimum absolute atomic E-state index is 0.115. The van der Waals surface area contributed by atoms with Crippen molar-refractivity contribution in [2.24, 2.45) is 0 Å². The van der Waals surface area contributed by atoms with Crippen LogP contribution in [0.25, 0.3) is 0 Å². The summed E-state index contributed by atoms with van der Waals surface area (Å²) in [6, 6.07) is 0.814. The number of nitrogens with one attached hydrogen (secondary N) is 1.